The van der Waals surface area contributed by atoms with Gasteiger partial charge in [0.05, 0.1) is 12.2 Å². The van der Waals surface area contributed by atoms with Crippen LogP contribution >= 0.6 is 0 Å². The molecule has 1 aromatic rings. The molecule has 0 aromatic carbocycles. The van der Waals surface area contributed by atoms with E-state index >= 15 is 0 Å². The van der Waals surface area contributed by atoms with Gasteiger partial charge in [-0.3, -0.25) is 9.48 Å². The topological polar surface area (TPSA) is 84.7 Å². The van der Waals surface area contributed by atoms with Crippen LogP contribution in [0.5, 0.6) is 0 Å². The second-order valence-electron chi connectivity index (χ2n) is 4.56. The molecule has 0 aliphatic carbocycles. The first-order valence-corrected chi connectivity index (χ1v) is 6.17. The highest BCUT2D eigenvalue weighted by atomic mass is 16.5. The molecule has 1 N–H and O–H groups in total. The molecule has 1 aromatic heterocycles. The molecule has 2 heterocycles. The van der Waals surface area contributed by atoms with E-state index in [0.717, 1.165) is 13.0 Å². The SMILES string of the molecule is CCCn1cc(C2C(C(=O)O)OCC(=O)N2C)cn1. The molecule has 7 nitrogen and oxygen atoms in total. The van der Waals surface area contributed by atoms with Crippen LogP contribution in [0.1, 0.15) is 24.9 Å². The predicted octanol–water partition coefficient (Wildman–Crippen LogP) is 0.276. The van der Waals surface area contributed by atoms with Gasteiger partial charge in [-0.2, -0.15) is 5.10 Å². The summed E-state index contributed by atoms with van der Waals surface area (Å²) in [6.07, 6.45) is 3.23. The number of carboxylic acids is 1. The van der Waals surface area contributed by atoms with Crippen molar-refractivity contribution >= 4 is 11.9 Å². The van der Waals surface area contributed by atoms with Gasteiger partial charge in [-0.25, -0.2) is 4.79 Å². The molecule has 7 heteroatoms. The normalized spacial score (nSPS) is 23.7. The predicted molar refractivity (Wildman–Crippen MR) is 65.4 cm³/mol. The van der Waals surface area contributed by atoms with E-state index in [9.17, 15) is 14.7 Å². The second kappa shape index (κ2) is 5.40. The molecule has 2 rings (SSSR count). The Morgan fingerprint density at radius 1 is 1.63 bits per heavy atom. The van der Waals surface area contributed by atoms with Gasteiger partial charge in [-0.1, -0.05) is 6.92 Å². The van der Waals surface area contributed by atoms with Crippen LogP contribution in [0.15, 0.2) is 12.4 Å². The van der Waals surface area contributed by atoms with E-state index in [1.165, 1.54) is 4.90 Å². The Bertz CT molecular complexity index is 485. The Labute approximate surface area is 110 Å². The summed E-state index contributed by atoms with van der Waals surface area (Å²) >= 11 is 0. The van der Waals surface area contributed by atoms with Gasteiger partial charge in [0.25, 0.3) is 0 Å². The van der Waals surface area contributed by atoms with Crippen molar-refractivity contribution in [2.45, 2.75) is 32.0 Å². The molecule has 2 atom stereocenters. The molecular weight excluding hydrogens is 250 g/mol. The standard InChI is InChI=1S/C12H17N3O4/c1-3-4-15-6-8(5-13-15)10-11(12(17)18)19-7-9(16)14(10)2/h5-6,10-11H,3-4,7H2,1-2H3,(H,17,18). The van der Waals surface area contributed by atoms with E-state index in [0.29, 0.717) is 5.56 Å². The van der Waals surface area contributed by atoms with Crippen LogP contribution in [0.4, 0.5) is 0 Å². The number of nitrogens with zero attached hydrogens (tertiary/aromatic N) is 3. The smallest absolute Gasteiger partial charge is 0.335 e. The number of ether oxygens (including phenoxy) is 1. The number of amides is 1. The molecular formula is C12H17N3O4. The number of aryl methyl sites for hydroxylation is 1. The summed E-state index contributed by atoms with van der Waals surface area (Å²) in [6.45, 7) is 2.58. The van der Waals surface area contributed by atoms with Gasteiger partial charge < -0.3 is 14.7 Å². The molecule has 0 spiro atoms. The lowest BCUT2D eigenvalue weighted by atomic mass is 10.0. The highest BCUT2D eigenvalue weighted by molar-refractivity contribution is 5.82. The van der Waals surface area contributed by atoms with Crippen molar-refractivity contribution < 1.29 is 19.4 Å². The Hall–Kier alpha value is -1.89. The molecule has 2 unspecified atom stereocenters. The van der Waals surface area contributed by atoms with Crippen LogP contribution in [0, 0.1) is 0 Å². The summed E-state index contributed by atoms with van der Waals surface area (Å²) < 4.78 is 6.87. The summed E-state index contributed by atoms with van der Waals surface area (Å²) in [5.74, 6) is -1.31. The first kappa shape index (κ1) is 13.5. The third kappa shape index (κ3) is 2.60. The molecule has 1 amide bonds. The van der Waals surface area contributed by atoms with Crippen LogP contribution in [0.25, 0.3) is 0 Å². The maximum Gasteiger partial charge on any atom is 0.335 e. The van der Waals surface area contributed by atoms with Gasteiger partial charge in [0.1, 0.15) is 6.61 Å². The third-order valence-electron chi connectivity index (χ3n) is 3.17. The minimum Gasteiger partial charge on any atom is -0.479 e. The van der Waals surface area contributed by atoms with E-state index in [-0.39, 0.29) is 12.5 Å². The minimum atomic E-state index is -1.08. The molecule has 104 valence electrons. The van der Waals surface area contributed by atoms with Crippen molar-refractivity contribution in [3.8, 4) is 0 Å². The Morgan fingerprint density at radius 2 is 2.37 bits per heavy atom. The van der Waals surface area contributed by atoms with Gasteiger partial charge in [0.2, 0.25) is 5.91 Å². The molecule has 1 saturated heterocycles. The maximum atomic E-state index is 11.7. The zero-order chi connectivity index (χ0) is 14.0. The number of carboxylic acid groups (broad SMARTS) is 1. The molecule has 19 heavy (non-hydrogen) atoms. The van der Waals surface area contributed by atoms with Crippen molar-refractivity contribution in [2.24, 2.45) is 0 Å². The molecule has 1 aliphatic rings. The van der Waals surface area contributed by atoms with Crippen LogP contribution in [-0.2, 0) is 20.9 Å². The fourth-order valence-corrected chi connectivity index (χ4v) is 2.20. The lowest BCUT2D eigenvalue weighted by Crippen LogP contribution is -2.49. The minimum absolute atomic E-state index is 0.201. The zero-order valence-corrected chi connectivity index (χ0v) is 10.9. The van der Waals surface area contributed by atoms with Crippen LogP contribution in [0.2, 0.25) is 0 Å². The summed E-state index contributed by atoms with van der Waals surface area (Å²) in [5, 5.41) is 13.4. The Kier molecular flexibility index (Phi) is 3.84. The number of morpholine rings is 1. The average Bonchev–Trinajstić information content (AvgIpc) is 2.81. The van der Waals surface area contributed by atoms with E-state index in [2.05, 4.69) is 5.10 Å². The first-order valence-electron chi connectivity index (χ1n) is 6.17. The molecule has 0 radical (unpaired) electrons. The summed E-state index contributed by atoms with van der Waals surface area (Å²) in [6, 6.07) is -0.635. The van der Waals surface area contributed by atoms with Gasteiger partial charge in [0.15, 0.2) is 6.10 Å². The zero-order valence-electron chi connectivity index (χ0n) is 10.9. The van der Waals surface area contributed by atoms with Gasteiger partial charge >= 0.3 is 5.97 Å². The maximum absolute atomic E-state index is 11.7. The van der Waals surface area contributed by atoms with Gasteiger partial charge in [-0.15, -0.1) is 0 Å². The molecule has 0 saturated carbocycles. The summed E-state index contributed by atoms with van der Waals surface area (Å²) in [4.78, 5) is 24.3. The molecule has 1 fully saturated rings. The highest BCUT2D eigenvalue weighted by Crippen LogP contribution is 2.28. The quantitative estimate of drug-likeness (QED) is 0.846. The van der Waals surface area contributed by atoms with Crippen molar-refractivity contribution in [1.82, 2.24) is 14.7 Å². The number of rotatable bonds is 4. The fraction of sp³-hybridized carbons (Fsp3) is 0.583. The van der Waals surface area contributed by atoms with E-state index in [1.54, 1.807) is 24.1 Å². The fourth-order valence-electron chi connectivity index (χ4n) is 2.20. The third-order valence-corrected chi connectivity index (χ3v) is 3.17. The van der Waals surface area contributed by atoms with Crippen LogP contribution in [0.3, 0.4) is 0 Å². The Balaban J connectivity index is 2.29. The number of aliphatic carboxylic acids is 1. The average molecular weight is 267 g/mol. The number of carbonyl (C=O) groups is 2. The molecule has 1 aliphatic heterocycles. The van der Waals surface area contributed by atoms with Crippen molar-refractivity contribution in [2.75, 3.05) is 13.7 Å². The number of hydrogen-bond acceptors (Lipinski definition) is 4. The van der Waals surface area contributed by atoms with E-state index in [4.69, 9.17) is 4.74 Å². The van der Waals surface area contributed by atoms with Crippen molar-refractivity contribution in [3.05, 3.63) is 18.0 Å². The van der Waals surface area contributed by atoms with E-state index < -0.39 is 18.1 Å². The van der Waals surface area contributed by atoms with Gasteiger partial charge in [-0.05, 0) is 6.42 Å². The number of hydrogen-bond donors (Lipinski definition) is 1. The largest absolute Gasteiger partial charge is 0.479 e. The number of carbonyl (C=O) groups excluding carboxylic acids is 1. The second-order valence-corrected chi connectivity index (χ2v) is 4.56. The molecule has 0 bridgehead atoms. The van der Waals surface area contributed by atoms with Crippen LogP contribution < -0.4 is 0 Å². The lowest BCUT2D eigenvalue weighted by Gasteiger charge is -2.36. The Morgan fingerprint density at radius 3 is 3.00 bits per heavy atom. The summed E-state index contributed by atoms with van der Waals surface area (Å²) in [7, 11) is 1.59. The number of aromatic nitrogens is 2. The highest BCUT2D eigenvalue weighted by Gasteiger charge is 2.40. The van der Waals surface area contributed by atoms with Crippen molar-refractivity contribution in [3.63, 3.8) is 0 Å². The lowest BCUT2D eigenvalue weighted by molar-refractivity contribution is -0.171. The van der Waals surface area contributed by atoms with Crippen molar-refractivity contribution in [1.29, 1.82) is 0 Å². The number of likely N-dealkylation sites (N-methyl/N-ethyl adjacent to an activating group) is 1. The van der Waals surface area contributed by atoms with Crippen LogP contribution in [-0.4, -0.2) is 51.4 Å². The monoisotopic (exact) mass is 267 g/mol. The van der Waals surface area contributed by atoms with Gasteiger partial charge in [0, 0.05) is 25.4 Å². The first-order chi connectivity index (χ1) is 9.04. The summed E-state index contributed by atoms with van der Waals surface area (Å²) in [5.41, 5.74) is 0.677. The van der Waals surface area contributed by atoms with E-state index in [1.807, 2.05) is 6.92 Å².